The topological polar surface area (TPSA) is 80.7 Å². The van der Waals surface area contributed by atoms with Crippen molar-refractivity contribution in [3.05, 3.63) is 41.9 Å². The van der Waals surface area contributed by atoms with Gasteiger partial charge in [0.25, 0.3) is 6.01 Å². The highest BCUT2D eigenvalue weighted by molar-refractivity contribution is 5.85. The van der Waals surface area contributed by atoms with Crippen molar-refractivity contribution in [3.63, 3.8) is 0 Å². The predicted octanol–water partition coefficient (Wildman–Crippen LogP) is 5.14. The van der Waals surface area contributed by atoms with Gasteiger partial charge >= 0.3 is 0 Å². The fraction of sp³-hybridized carbons (Fsp3) is 0.480. The number of fused-ring (bicyclic) bond motifs is 4. The van der Waals surface area contributed by atoms with E-state index in [9.17, 15) is 0 Å². The van der Waals surface area contributed by atoms with Crippen LogP contribution in [0.25, 0.3) is 22.1 Å². The Morgan fingerprint density at radius 3 is 2.84 bits per heavy atom. The third-order valence-corrected chi connectivity index (χ3v) is 6.99. The van der Waals surface area contributed by atoms with Crippen LogP contribution in [0.1, 0.15) is 63.3 Å². The lowest BCUT2D eigenvalue weighted by atomic mass is 9.88. The van der Waals surface area contributed by atoms with E-state index in [1.165, 1.54) is 48.6 Å². The molecule has 4 aromatic rings. The first kappa shape index (κ1) is 19.6. The molecule has 0 atom stereocenters. The van der Waals surface area contributed by atoms with Crippen LogP contribution in [0, 0.1) is 0 Å². The predicted molar refractivity (Wildman–Crippen MR) is 126 cm³/mol. The molecule has 2 aliphatic rings. The molecular weight excluding hydrogens is 400 g/mol. The summed E-state index contributed by atoms with van der Waals surface area (Å²) in [6.45, 7) is 5.76. The van der Waals surface area contributed by atoms with E-state index in [2.05, 4.69) is 59.2 Å². The Bertz CT molecular complexity index is 1280. The molecule has 3 aromatic heterocycles. The largest absolute Gasteiger partial charge is 0.462 e. The molecule has 0 radical (unpaired) electrons. The van der Waals surface area contributed by atoms with Gasteiger partial charge in [0, 0.05) is 29.6 Å². The number of aromatic nitrogens is 5. The summed E-state index contributed by atoms with van der Waals surface area (Å²) in [5, 5.41) is 4.87. The number of aromatic amines is 1. The van der Waals surface area contributed by atoms with Crippen LogP contribution in [0.3, 0.4) is 0 Å². The first-order chi connectivity index (χ1) is 15.6. The Morgan fingerprint density at radius 2 is 1.97 bits per heavy atom. The molecule has 1 saturated carbocycles. The van der Waals surface area contributed by atoms with Crippen LogP contribution in [0.5, 0.6) is 6.01 Å². The van der Waals surface area contributed by atoms with Crippen LogP contribution in [0.15, 0.2) is 30.5 Å². The minimum Gasteiger partial charge on any atom is -0.462 e. The van der Waals surface area contributed by atoms with E-state index in [-0.39, 0.29) is 5.54 Å². The third-order valence-electron chi connectivity index (χ3n) is 6.99. The van der Waals surface area contributed by atoms with Crippen LogP contribution in [0.2, 0.25) is 0 Å². The van der Waals surface area contributed by atoms with Crippen LogP contribution in [-0.4, -0.2) is 37.7 Å². The molecule has 0 saturated heterocycles. The molecule has 1 aromatic carbocycles. The number of anilines is 1. The first-order valence-corrected chi connectivity index (χ1v) is 11.8. The summed E-state index contributed by atoms with van der Waals surface area (Å²) in [6, 6.07) is 9.09. The molecule has 4 heterocycles. The van der Waals surface area contributed by atoms with E-state index < -0.39 is 0 Å². The van der Waals surface area contributed by atoms with Crippen LogP contribution in [0.4, 0.5) is 5.82 Å². The lowest BCUT2D eigenvalue weighted by molar-refractivity contribution is 0.268. The van der Waals surface area contributed by atoms with Gasteiger partial charge in [0.15, 0.2) is 17.0 Å². The maximum absolute atomic E-state index is 5.90. The Kier molecular flexibility index (Phi) is 4.59. The molecule has 1 fully saturated rings. The van der Waals surface area contributed by atoms with Crippen molar-refractivity contribution in [2.24, 2.45) is 0 Å². The highest BCUT2D eigenvalue weighted by atomic mass is 16.5. The zero-order valence-electron chi connectivity index (χ0n) is 18.8. The van der Waals surface area contributed by atoms with Gasteiger partial charge in [0.2, 0.25) is 0 Å². The third kappa shape index (κ3) is 3.22. The van der Waals surface area contributed by atoms with Crippen LogP contribution < -0.4 is 10.1 Å². The van der Waals surface area contributed by atoms with E-state index in [1.54, 1.807) is 0 Å². The summed E-state index contributed by atoms with van der Waals surface area (Å²) in [5.74, 6) is 2.22. The van der Waals surface area contributed by atoms with Gasteiger partial charge in [-0.3, -0.25) is 4.57 Å². The van der Waals surface area contributed by atoms with Crippen molar-refractivity contribution < 1.29 is 4.74 Å². The van der Waals surface area contributed by atoms with Crippen LogP contribution in [-0.2, 0) is 12.0 Å². The van der Waals surface area contributed by atoms with Gasteiger partial charge in [-0.1, -0.05) is 37.5 Å². The molecule has 1 aliphatic carbocycles. The van der Waals surface area contributed by atoms with Gasteiger partial charge in [-0.2, -0.15) is 4.98 Å². The smallest absolute Gasteiger partial charge is 0.299 e. The second-order valence-corrected chi connectivity index (χ2v) is 9.80. The summed E-state index contributed by atoms with van der Waals surface area (Å²) in [7, 11) is 0. The fourth-order valence-electron chi connectivity index (χ4n) is 5.22. The average molecular weight is 431 g/mol. The van der Waals surface area contributed by atoms with Crippen molar-refractivity contribution in [1.82, 2.24) is 24.5 Å². The van der Waals surface area contributed by atoms with Gasteiger partial charge in [-0.05, 0) is 44.7 Å². The number of hydrogen-bond donors (Lipinski definition) is 2. The molecule has 2 N–H and O–H groups in total. The number of imidazole rings is 1. The van der Waals surface area contributed by atoms with Gasteiger partial charge in [-0.15, -0.1) is 0 Å². The minimum absolute atomic E-state index is 0.163. The average Bonchev–Trinajstić information content (AvgIpc) is 3.48. The number of hydrogen-bond acceptors (Lipinski definition) is 5. The second-order valence-electron chi connectivity index (χ2n) is 9.80. The molecule has 0 bridgehead atoms. The molecule has 6 rings (SSSR count). The van der Waals surface area contributed by atoms with Crippen LogP contribution >= 0.6 is 0 Å². The van der Waals surface area contributed by atoms with Crippen molar-refractivity contribution in [3.8, 4) is 6.01 Å². The van der Waals surface area contributed by atoms with Gasteiger partial charge < -0.3 is 15.0 Å². The first-order valence-electron chi connectivity index (χ1n) is 11.8. The minimum atomic E-state index is -0.163. The van der Waals surface area contributed by atoms with E-state index >= 15 is 0 Å². The van der Waals surface area contributed by atoms with E-state index in [4.69, 9.17) is 19.7 Å². The summed E-state index contributed by atoms with van der Waals surface area (Å²) in [5.41, 5.74) is 4.03. The summed E-state index contributed by atoms with van der Waals surface area (Å²) >= 11 is 0. The Labute approximate surface area is 187 Å². The van der Waals surface area contributed by atoms with E-state index in [0.29, 0.717) is 18.5 Å². The molecule has 0 amide bonds. The second kappa shape index (κ2) is 7.50. The van der Waals surface area contributed by atoms with Crippen molar-refractivity contribution in [2.75, 3.05) is 18.5 Å². The number of ether oxygens (including phenoxy) is 1. The van der Waals surface area contributed by atoms with Crippen molar-refractivity contribution >= 4 is 27.9 Å². The number of nitrogens with one attached hydrogen (secondary N) is 2. The Morgan fingerprint density at radius 1 is 1.12 bits per heavy atom. The summed E-state index contributed by atoms with van der Waals surface area (Å²) in [4.78, 5) is 18.2. The molecular formula is C25H30N6O. The number of H-pyrrole nitrogens is 1. The molecule has 1 aliphatic heterocycles. The highest BCUT2D eigenvalue weighted by Crippen LogP contribution is 2.38. The normalized spacial score (nSPS) is 18.2. The van der Waals surface area contributed by atoms with Gasteiger partial charge in [0.05, 0.1) is 5.54 Å². The fourth-order valence-corrected chi connectivity index (χ4v) is 5.22. The van der Waals surface area contributed by atoms with Gasteiger partial charge in [-0.25, -0.2) is 9.97 Å². The number of rotatable bonds is 5. The number of nitrogens with zero attached hydrogens (tertiary/aromatic N) is 4. The molecule has 0 spiro atoms. The monoisotopic (exact) mass is 430 g/mol. The maximum Gasteiger partial charge on any atom is 0.299 e. The summed E-state index contributed by atoms with van der Waals surface area (Å²) < 4.78 is 8.06. The molecule has 0 unspecified atom stereocenters. The highest BCUT2D eigenvalue weighted by Gasteiger charge is 2.36. The van der Waals surface area contributed by atoms with E-state index in [1.807, 2.05) is 0 Å². The molecule has 166 valence electrons. The number of para-hydroxylation sites is 1. The van der Waals surface area contributed by atoms with Gasteiger partial charge in [0.1, 0.15) is 12.4 Å². The Balaban J connectivity index is 1.34. The quantitative estimate of drug-likeness (QED) is 0.458. The lowest BCUT2D eigenvalue weighted by Crippen LogP contribution is -2.26. The van der Waals surface area contributed by atoms with E-state index in [0.717, 1.165) is 35.8 Å². The zero-order chi connectivity index (χ0) is 21.7. The summed E-state index contributed by atoms with van der Waals surface area (Å²) in [6.07, 6.45) is 9.18. The molecule has 32 heavy (non-hydrogen) atoms. The zero-order valence-corrected chi connectivity index (χ0v) is 18.8. The molecule has 7 nitrogen and oxygen atoms in total. The standard InChI is InChI=1S/C25H30N6O/c1-25(2)15-32-24-28-20-22(26-13-12-17-14-27-19-11-7-6-10-18(17)19)29-21(30-23(20)31(24)25)16-8-4-3-5-9-16/h6-7,10-11,14,16,27H,3-5,8-9,12-13,15H2,1-2H3,(H,26,29,30). The number of benzene rings is 1. The lowest BCUT2D eigenvalue weighted by Gasteiger charge is -2.22. The van der Waals surface area contributed by atoms with Crippen molar-refractivity contribution in [1.29, 1.82) is 0 Å². The maximum atomic E-state index is 5.90. The van der Waals surface area contributed by atoms with Crippen molar-refractivity contribution in [2.45, 2.75) is 63.8 Å². The Hall–Kier alpha value is -3.09. The molecule has 7 heteroatoms. The SMILES string of the molecule is CC1(C)COc2nc3c(NCCc4c[nH]c5ccccc45)nc(C4CCCCC4)nc3n21.